The van der Waals surface area contributed by atoms with E-state index in [0.29, 0.717) is 27.1 Å². The number of hydrogen-bond acceptors (Lipinski definition) is 3. The van der Waals surface area contributed by atoms with Gasteiger partial charge in [-0.2, -0.15) is 0 Å². The lowest BCUT2D eigenvalue weighted by Gasteiger charge is -2.13. The van der Waals surface area contributed by atoms with Crippen molar-refractivity contribution in [2.24, 2.45) is 0 Å². The maximum Gasteiger partial charge on any atom is 0.328 e. The molecule has 6 heteroatoms. The normalized spacial score (nSPS) is 10.5. The largest absolute Gasteiger partial charge is 0.493 e. The molecule has 0 saturated heterocycles. The van der Waals surface area contributed by atoms with E-state index in [2.05, 4.69) is 6.58 Å². The van der Waals surface area contributed by atoms with E-state index >= 15 is 0 Å². The second-order valence-corrected chi connectivity index (χ2v) is 4.47. The number of carboxylic acids is 1. The summed E-state index contributed by atoms with van der Waals surface area (Å²) in [5.41, 5.74) is 0.477. The number of methoxy groups -OCH3 is 1. The molecule has 1 aromatic rings. The van der Waals surface area contributed by atoms with E-state index in [9.17, 15) is 4.79 Å². The van der Waals surface area contributed by atoms with Crippen molar-refractivity contribution in [3.8, 4) is 11.5 Å². The number of benzene rings is 1. The molecule has 0 aliphatic carbocycles. The highest BCUT2D eigenvalue weighted by molar-refractivity contribution is 6.31. The lowest BCUT2D eigenvalue weighted by atomic mass is 10.1. The highest BCUT2D eigenvalue weighted by atomic mass is 35.5. The zero-order valence-electron chi connectivity index (χ0n) is 10.2. The molecule has 1 aromatic carbocycles. The standard InChI is InChI=1S/C13H12Cl2O4/c1-8(14)7-19-13-9(3-4-12(16)17)5-10(15)6-11(13)18-2/h3-6H,1,7H2,2H3,(H,16,17)/b4-3+. The van der Waals surface area contributed by atoms with Crippen LogP contribution in [0, 0.1) is 0 Å². The van der Waals surface area contributed by atoms with Crippen molar-refractivity contribution in [1.29, 1.82) is 0 Å². The van der Waals surface area contributed by atoms with Crippen LogP contribution in [-0.2, 0) is 4.79 Å². The van der Waals surface area contributed by atoms with Gasteiger partial charge in [0.25, 0.3) is 0 Å². The van der Waals surface area contributed by atoms with Gasteiger partial charge in [-0.3, -0.25) is 0 Å². The molecule has 0 radical (unpaired) electrons. The monoisotopic (exact) mass is 302 g/mol. The molecule has 0 spiro atoms. The van der Waals surface area contributed by atoms with E-state index in [1.807, 2.05) is 0 Å². The lowest BCUT2D eigenvalue weighted by molar-refractivity contribution is -0.131. The summed E-state index contributed by atoms with van der Waals surface area (Å²) in [6.07, 6.45) is 2.34. The number of carboxylic acid groups (broad SMARTS) is 1. The molecule has 0 aliphatic heterocycles. The molecular formula is C13H12Cl2O4. The summed E-state index contributed by atoms with van der Waals surface area (Å²) >= 11 is 11.6. The van der Waals surface area contributed by atoms with Gasteiger partial charge in [0.1, 0.15) is 6.61 Å². The Balaban J connectivity index is 3.20. The Labute approximate surface area is 120 Å². The molecule has 0 fully saturated rings. The highest BCUT2D eigenvalue weighted by Crippen LogP contribution is 2.35. The predicted molar refractivity (Wildman–Crippen MR) is 75.2 cm³/mol. The van der Waals surface area contributed by atoms with Crippen LogP contribution in [0.4, 0.5) is 0 Å². The number of ether oxygens (including phenoxy) is 2. The summed E-state index contributed by atoms with van der Waals surface area (Å²) in [4.78, 5) is 10.6. The molecule has 1 rings (SSSR count). The van der Waals surface area contributed by atoms with Crippen LogP contribution in [0.2, 0.25) is 5.02 Å². The predicted octanol–water partition coefficient (Wildman–Crippen LogP) is 3.58. The van der Waals surface area contributed by atoms with Crippen molar-refractivity contribution in [2.75, 3.05) is 13.7 Å². The summed E-state index contributed by atoms with van der Waals surface area (Å²) in [5.74, 6) is -0.340. The fourth-order valence-electron chi connectivity index (χ4n) is 1.33. The first kappa shape index (κ1) is 15.4. The number of halogens is 2. The molecule has 0 saturated carbocycles. The van der Waals surface area contributed by atoms with Gasteiger partial charge in [0, 0.05) is 27.8 Å². The first-order valence-electron chi connectivity index (χ1n) is 5.18. The fourth-order valence-corrected chi connectivity index (χ4v) is 1.60. The van der Waals surface area contributed by atoms with Crippen molar-refractivity contribution < 1.29 is 19.4 Å². The van der Waals surface area contributed by atoms with Crippen LogP contribution >= 0.6 is 23.2 Å². The van der Waals surface area contributed by atoms with E-state index in [-0.39, 0.29) is 6.61 Å². The van der Waals surface area contributed by atoms with Gasteiger partial charge < -0.3 is 14.6 Å². The zero-order valence-corrected chi connectivity index (χ0v) is 11.7. The van der Waals surface area contributed by atoms with Crippen LogP contribution in [0.3, 0.4) is 0 Å². The average molecular weight is 303 g/mol. The van der Waals surface area contributed by atoms with Crippen molar-refractivity contribution in [2.45, 2.75) is 0 Å². The SMILES string of the molecule is C=C(Cl)COc1c(/C=C/C(=O)O)cc(Cl)cc1OC. The van der Waals surface area contributed by atoms with Crippen molar-refractivity contribution in [3.05, 3.63) is 40.4 Å². The molecule has 0 aromatic heterocycles. The van der Waals surface area contributed by atoms with Gasteiger partial charge in [-0.15, -0.1) is 0 Å². The van der Waals surface area contributed by atoms with Crippen LogP contribution in [-0.4, -0.2) is 24.8 Å². The van der Waals surface area contributed by atoms with Crippen LogP contribution in [0.25, 0.3) is 6.08 Å². The Morgan fingerprint density at radius 1 is 1.53 bits per heavy atom. The van der Waals surface area contributed by atoms with Gasteiger partial charge in [0.15, 0.2) is 11.5 Å². The minimum absolute atomic E-state index is 0.0768. The number of carbonyl (C=O) groups is 1. The van der Waals surface area contributed by atoms with Gasteiger partial charge >= 0.3 is 5.97 Å². The molecule has 0 heterocycles. The van der Waals surface area contributed by atoms with Crippen LogP contribution < -0.4 is 9.47 Å². The molecule has 0 amide bonds. The molecule has 0 aliphatic rings. The van der Waals surface area contributed by atoms with E-state index < -0.39 is 5.97 Å². The average Bonchev–Trinajstić information content (AvgIpc) is 2.33. The summed E-state index contributed by atoms with van der Waals surface area (Å²) in [6.45, 7) is 3.59. The Hall–Kier alpha value is -1.65. The Morgan fingerprint density at radius 2 is 2.21 bits per heavy atom. The number of aliphatic carboxylic acids is 1. The Kier molecular flexibility index (Phi) is 5.73. The quantitative estimate of drug-likeness (QED) is 0.816. The summed E-state index contributed by atoms with van der Waals surface area (Å²) in [7, 11) is 1.46. The summed E-state index contributed by atoms with van der Waals surface area (Å²) < 4.78 is 10.6. The van der Waals surface area contributed by atoms with Crippen molar-refractivity contribution in [1.82, 2.24) is 0 Å². The minimum atomic E-state index is -1.08. The van der Waals surface area contributed by atoms with Crippen molar-refractivity contribution >= 4 is 35.2 Å². The van der Waals surface area contributed by atoms with Crippen molar-refractivity contribution in [3.63, 3.8) is 0 Å². The van der Waals surface area contributed by atoms with Gasteiger partial charge in [-0.25, -0.2) is 4.79 Å². The van der Waals surface area contributed by atoms with Crippen LogP contribution in [0.1, 0.15) is 5.56 Å². The number of hydrogen-bond donors (Lipinski definition) is 1. The molecule has 4 nitrogen and oxygen atoms in total. The molecule has 1 N–H and O–H groups in total. The molecule has 0 unspecified atom stereocenters. The van der Waals surface area contributed by atoms with E-state index in [1.54, 1.807) is 12.1 Å². The van der Waals surface area contributed by atoms with Gasteiger partial charge in [-0.05, 0) is 12.1 Å². The summed E-state index contributed by atoms with van der Waals surface area (Å²) in [6, 6.07) is 3.13. The zero-order chi connectivity index (χ0) is 14.4. The molecule has 19 heavy (non-hydrogen) atoms. The van der Waals surface area contributed by atoms with E-state index in [4.69, 9.17) is 37.8 Å². The first-order chi connectivity index (χ1) is 8.93. The fraction of sp³-hybridized carbons (Fsp3) is 0.154. The molecule has 0 atom stereocenters. The topological polar surface area (TPSA) is 55.8 Å². The minimum Gasteiger partial charge on any atom is -0.493 e. The lowest BCUT2D eigenvalue weighted by Crippen LogP contribution is -2.01. The highest BCUT2D eigenvalue weighted by Gasteiger charge is 2.11. The second kappa shape index (κ2) is 7.07. The van der Waals surface area contributed by atoms with Gasteiger partial charge in [0.2, 0.25) is 0 Å². The number of rotatable bonds is 6. The van der Waals surface area contributed by atoms with E-state index in [1.165, 1.54) is 13.2 Å². The smallest absolute Gasteiger partial charge is 0.328 e. The third-order valence-corrected chi connectivity index (χ3v) is 2.37. The third kappa shape index (κ3) is 4.85. The Morgan fingerprint density at radius 3 is 2.74 bits per heavy atom. The molecular weight excluding hydrogens is 291 g/mol. The Bertz CT molecular complexity index is 524. The van der Waals surface area contributed by atoms with Gasteiger partial charge in [-0.1, -0.05) is 29.8 Å². The van der Waals surface area contributed by atoms with Crippen LogP contribution in [0.5, 0.6) is 11.5 Å². The maximum absolute atomic E-state index is 10.6. The van der Waals surface area contributed by atoms with Gasteiger partial charge in [0.05, 0.1) is 7.11 Å². The first-order valence-corrected chi connectivity index (χ1v) is 5.94. The molecule has 102 valence electrons. The third-order valence-electron chi connectivity index (χ3n) is 2.05. The second-order valence-electron chi connectivity index (χ2n) is 3.50. The van der Waals surface area contributed by atoms with E-state index in [0.717, 1.165) is 6.08 Å². The summed E-state index contributed by atoms with van der Waals surface area (Å²) in [5, 5.41) is 9.36. The molecule has 0 bridgehead atoms. The van der Waals surface area contributed by atoms with Crippen LogP contribution in [0.15, 0.2) is 29.8 Å². The maximum atomic E-state index is 10.6.